The standard InChI is InChI=1S/C19H27N3O2/c1-14-20-21-17(23-14)13-22(12-15-9-7-6-8-10-15)16-11-18(2,3)24-19(16,4)5/h6-10,16H,11-13H2,1-5H3. The van der Waals surface area contributed by atoms with Gasteiger partial charge in [-0.3, -0.25) is 4.90 Å². The van der Waals surface area contributed by atoms with E-state index in [9.17, 15) is 0 Å². The second-order valence-electron chi connectivity index (χ2n) is 7.79. The minimum Gasteiger partial charge on any atom is -0.424 e. The first kappa shape index (κ1) is 17.1. The van der Waals surface area contributed by atoms with Crippen LogP contribution in [0.2, 0.25) is 0 Å². The third-order valence-corrected chi connectivity index (χ3v) is 4.60. The minimum absolute atomic E-state index is 0.131. The Balaban J connectivity index is 1.86. The molecule has 1 aliphatic rings. The van der Waals surface area contributed by atoms with Gasteiger partial charge in [0.1, 0.15) is 0 Å². The Morgan fingerprint density at radius 2 is 1.79 bits per heavy atom. The van der Waals surface area contributed by atoms with E-state index in [0.717, 1.165) is 13.0 Å². The van der Waals surface area contributed by atoms with Crippen molar-refractivity contribution in [3.8, 4) is 0 Å². The summed E-state index contributed by atoms with van der Waals surface area (Å²) in [6.45, 7) is 11.9. The summed E-state index contributed by atoms with van der Waals surface area (Å²) in [5, 5.41) is 8.15. The molecular formula is C19H27N3O2. The number of aryl methyl sites for hydroxylation is 1. The number of benzene rings is 1. The van der Waals surface area contributed by atoms with E-state index < -0.39 is 0 Å². The molecule has 24 heavy (non-hydrogen) atoms. The van der Waals surface area contributed by atoms with Crippen molar-refractivity contribution in [3.63, 3.8) is 0 Å². The van der Waals surface area contributed by atoms with E-state index in [1.165, 1.54) is 5.56 Å². The van der Waals surface area contributed by atoms with Crippen molar-refractivity contribution in [1.82, 2.24) is 15.1 Å². The van der Waals surface area contributed by atoms with Gasteiger partial charge in [0.2, 0.25) is 11.8 Å². The van der Waals surface area contributed by atoms with Crippen LogP contribution in [0.5, 0.6) is 0 Å². The summed E-state index contributed by atoms with van der Waals surface area (Å²) < 4.78 is 11.9. The Kier molecular flexibility index (Phi) is 4.49. The normalized spacial score (nSPS) is 22.2. The van der Waals surface area contributed by atoms with Gasteiger partial charge in [-0.2, -0.15) is 0 Å². The highest BCUT2D eigenvalue weighted by Gasteiger charge is 2.48. The Morgan fingerprint density at radius 3 is 2.33 bits per heavy atom. The fourth-order valence-corrected chi connectivity index (χ4v) is 3.77. The van der Waals surface area contributed by atoms with Gasteiger partial charge >= 0.3 is 0 Å². The smallest absolute Gasteiger partial charge is 0.230 e. The molecule has 0 spiro atoms. The number of aromatic nitrogens is 2. The zero-order valence-electron chi connectivity index (χ0n) is 15.2. The molecule has 1 unspecified atom stereocenters. The molecule has 0 aliphatic carbocycles. The zero-order valence-corrected chi connectivity index (χ0v) is 15.2. The molecule has 0 N–H and O–H groups in total. The maximum Gasteiger partial charge on any atom is 0.230 e. The molecule has 1 fully saturated rings. The maximum atomic E-state index is 6.30. The minimum atomic E-state index is -0.229. The SMILES string of the molecule is Cc1nnc(CN(Cc2ccccc2)C2CC(C)(C)OC2(C)C)o1. The predicted octanol–water partition coefficient (Wildman–Crippen LogP) is 3.73. The van der Waals surface area contributed by atoms with E-state index in [-0.39, 0.29) is 17.2 Å². The summed E-state index contributed by atoms with van der Waals surface area (Å²) in [4.78, 5) is 2.40. The molecule has 0 saturated carbocycles. The molecule has 0 amide bonds. The van der Waals surface area contributed by atoms with Crippen LogP contribution in [0.3, 0.4) is 0 Å². The van der Waals surface area contributed by atoms with Crippen molar-refractivity contribution < 1.29 is 9.15 Å². The number of nitrogens with zero attached hydrogens (tertiary/aromatic N) is 3. The Bertz CT molecular complexity index is 679. The van der Waals surface area contributed by atoms with Crippen molar-refractivity contribution >= 4 is 0 Å². The lowest BCUT2D eigenvalue weighted by Crippen LogP contribution is -2.45. The van der Waals surface area contributed by atoms with Crippen LogP contribution >= 0.6 is 0 Å². The molecular weight excluding hydrogens is 302 g/mol. The van der Waals surface area contributed by atoms with Crippen LogP contribution in [-0.2, 0) is 17.8 Å². The summed E-state index contributed by atoms with van der Waals surface area (Å²) in [7, 11) is 0. The molecule has 1 aromatic carbocycles. The first-order valence-corrected chi connectivity index (χ1v) is 8.52. The second-order valence-corrected chi connectivity index (χ2v) is 7.79. The molecule has 0 radical (unpaired) electrons. The van der Waals surface area contributed by atoms with Gasteiger partial charge in [-0.15, -0.1) is 10.2 Å². The lowest BCUT2D eigenvalue weighted by molar-refractivity contribution is -0.0826. The fraction of sp³-hybridized carbons (Fsp3) is 0.579. The van der Waals surface area contributed by atoms with Gasteiger partial charge in [0.25, 0.3) is 0 Å². The Hall–Kier alpha value is -1.72. The van der Waals surface area contributed by atoms with Crippen LogP contribution in [0.4, 0.5) is 0 Å². The zero-order chi connectivity index (χ0) is 17.4. The highest BCUT2D eigenvalue weighted by atomic mass is 16.5. The first-order chi connectivity index (χ1) is 11.3. The second kappa shape index (κ2) is 6.30. The van der Waals surface area contributed by atoms with Crippen molar-refractivity contribution in [2.75, 3.05) is 0 Å². The largest absolute Gasteiger partial charge is 0.424 e. The van der Waals surface area contributed by atoms with Crippen LogP contribution in [-0.4, -0.2) is 32.3 Å². The predicted molar refractivity (Wildman–Crippen MR) is 92.4 cm³/mol. The third kappa shape index (κ3) is 3.84. The molecule has 2 aromatic rings. The van der Waals surface area contributed by atoms with E-state index in [1.807, 2.05) is 13.0 Å². The fourth-order valence-electron chi connectivity index (χ4n) is 3.77. The van der Waals surface area contributed by atoms with Gasteiger partial charge in [-0.1, -0.05) is 30.3 Å². The molecule has 1 saturated heterocycles. The maximum absolute atomic E-state index is 6.30. The number of rotatable bonds is 5. The number of ether oxygens (including phenoxy) is 1. The number of hydrogen-bond acceptors (Lipinski definition) is 5. The van der Waals surface area contributed by atoms with E-state index in [0.29, 0.717) is 18.3 Å². The summed E-state index contributed by atoms with van der Waals surface area (Å²) in [6.07, 6.45) is 0.972. The summed E-state index contributed by atoms with van der Waals surface area (Å²) in [5.74, 6) is 1.26. The van der Waals surface area contributed by atoms with Gasteiger partial charge < -0.3 is 9.15 Å². The van der Waals surface area contributed by atoms with Crippen LogP contribution in [0.15, 0.2) is 34.7 Å². The topological polar surface area (TPSA) is 51.4 Å². The lowest BCUT2D eigenvalue weighted by Gasteiger charge is -2.35. The van der Waals surface area contributed by atoms with Crippen molar-refractivity contribution in [3.05, 3.63) is 47.7 Å². The van der Waals surface area contributed by atoms with E-state index in [2.05, 4.69) is 67.1 Å². The van der Waals surface area contributed by atoms with Gasteiger partial charge in [0, 0.05) is 19.5 Å². The van der Waals surface area contributed by atoms with Crippen molar-refractivity contribution in [2.24, 2.45) is 0 Å². The molecule has 2 heterocycles. The van der Waals surface area contributed by atoms with Gasteiger partial charge in [-0.05, 0) is 39.7 Å². The average Bonchev–Trinajstić information content (AvgIpc) is 2.98. The van der Waals surface area contributed by atoms with E-state index >= 15 is 0 Å². The highest BCUT2D eigenvalue weighted by Crippen LogP contribution is 2.41. The molecule has 1 aromatic heterocycles. The summed E-state index contributed by atoms with van der Waals surface area (Å²) in [6, 6.07) is 10.8. The summed E-state index contributed by atoms with van der Waals surface area (Å²) in [5.41, 5.74) is 0.913. The van der Waals surface area contributed by atoms with Gasteiger partial charge in [0.05, 0.1) is 17.7 Å². The molecule has 130 valence electrons. The monoisotopic (exact) mass is 329 g/mol. The van der Waals surface area contributed by atoms with Crippen LogP contribution < -0.4 is 0 Å². The third-order valence-electron chi connectivity index (χ3n) is 4.60. The molecule has 1 aliphatic heterocycles. The quantitative estimate of drug-likeness (QED) is 0.836. The molecule has 3 rings (SSSR count). The lowest BCUT2D eigenvalue weighted by atomic mass is 9.92. The number of hydrogen-bond donors (Lipinski definition) is 0. The summed E-state index contributed by atoms with van der Waals surface area (Å²) >= 11 is 0. The van der Waals surface area contributed by atoms with Crippen LogP contribution in [0.25, 0.3) is 0 Å². The first-order valence-electron chi connectivity index (χ1n) is 8.52. The van der Waals surface area contributed by atoms with Crippen molar-refractivity contribution in [1.29, 1.82) is 0 Å². The van der Waals surface area contributed by atoms with Gasteiger partial charge in [0.15, 0.2) is 0 Å². The van der Waals surface area contributed by atoms with E-state index in [4.69, 9.17) is 9.15 Å². The highest BCUT2D eigenvalue weighted by molar-refractivity contribution is 5.15. The molecule has 5 nitrogen and oxygen atoms in total. The average molecular weight is 329 g/mol. The Labute approximate surface area is 144 Å². The van der Waals surface area contributed by atoms with Gasteiger partial charge in [-0.25, -0.2) is 0 Å². The molecule has 1 atom stereocenters. The Morgan fingerprint density at radius 1 is 1.08 bits per heavy atom. The molecule has 5 heteroatoms. The molecule has 0 bridgehead atoms. The van der Waals surface area contributed by atoms with Crippen LogP contribution in [0.1, 0.15) is 51.5 Å². The van der Waals surface area contributed by atoms with Crippen LogP contribution in [0, 0.1) is 6.92 Å². The van der Waals surface area contributed by atoms with Crippen molar-refractivity contribution in [2.45, 2.75) is 71.4 Å². The van der Waals surface area contributed by atoms with E-state index in [1.54, 1.807) is 0 Å².